The maximum atomic E-state index is 9.06. The van der Waals surface area contributed by atoms with Crippen LogP contribution in [0.15, 0.2) is 42.6 Å². The smallest absolute Gasteiger partial charge is 0.181 e. The van der Waals surface area contributed by atoms with Gasteiger partial charge in [-0.25, -0.2) is 4.98 Å². The number of hydrogen-bond acceptors (Lipinski definition) is 5. The summed E-state index contributed by atoms with van der Waals surface area (Å²) in [5, 5.41) is 9.06. The molecule has 1 aromatic carbocycles. The first-order valence-electron chi connectivity index (χ1n) is 8.65. The quantitative estimate of drug-likeness (QED) is 0.669. The van der Waals surface area contributed by atoms with E-state index in [0.29, 0.717) is 5.56 Å². The summed E-state index contributed by atoms with van der Waals surface area (Å²) < 4.78 is 5.12. The van der Waals surface area contributed by atoms with E-state index in [2.05, 4.69) is 48.2 Å². The molecule has 0 saturated carbocycles. The molecule has 1 aliphatic rings. The van der Waals surface area contributed by atoms with Crippen molar-refractivity contribution in [1.82, 2.24) is 19.0 Å². The Morgan fingerprint density at radius 1 is 1.12 bits per heavy atom. The average molecular weight is 364 g/mol. The highest BCUT2D eigenvalue weighted by molar-refractivity contribution is 7.71. The molecule has 2 aromatic heterocycles. The van der Waals surface area contributed by atoms with E-state index in [-0.39, 0.29) is 0 Å². The summed E-state index contributed by atoms with van der Waals surface area (Å²) in [6, 6.07) is 14.1. The molecule has 1 fully saturated rings. The molecule has 0 radical (unpaired) electrons. The van der Waals surface area contributed by atoms with Crippen molar-refractivity contribution >= 4 is 29.1 Å². The normalized spacial score (nSPS) is 15.3. The number of nitrogens with zero attached hydrogens (tertiary/aromatic N) is 6. The molecule has 4 rings (SSSR count). The van der Waals surface area contributed by atoms with Gasteiger partial charge in [0.05, 0.1) is 29.3 Å². The lowest BCUT2D eigenvalue weighted by Gasteiger charge is -2.35. The molecule has 1 aliphatic heterocycles. The SMILES string of the molecule is Cn1c(=S)n(CN2CCN(c3cc(C#N)ccn3)CC2)c2ccccc21. The summed E-state index contributed by atoms with van der Waals surface area (Å²) in [4.78, 5) is 9.05. The molecular formula is C19H20N6S. The van der Waals surface area contributed by atoms with Crippen LogP contribution in [0.25, 0.3) is 11.0 Å². The van der Waals surface area contributed by atoms with Gasteiger partial charge in [-0.2, -0.15) is 5.26 Å². The number of imidazole rings is 1. The highest BCUT2D eigenvalue weighted by Gasteiger charge is 2.19. The average Bonchev–Trinajstić information content (AvgIpc) is 2.94. The summed E-state index contributed by atoms with van der Waals surface area (Å²) >= 11 is 5.64. The second-order valence-corrected chi connectivity index (χ2v) is 6.88. The number of piperazine rings is 1. The topological polar surface area (TPSA) is 53.0 Å². The molecular weight excluding hydrogens is 344 g/mol. The van der Waals surface area contributed by atoms with Gasteiger partial charge in [0, 0.05) is 39.4 Å². The first-order valence-corrected chi connectivity index (χ1v) is 9.06. The van der Waals surface area contributed by atoms with E-state index in [0.717, 1.165) is 49.0 Å². The number of aryl methyl sites for hydroxylation is 1. The summed E-state index contributed by atoms with van der Waals surface area (Å²) in [6.45, 7) is 4.44. The van der Waals surface area contributed by atoms with E-state index >= 15 is 0 Å². The highest BCUT2D eigenvalue weighted by atomic mass is 32.1. The number of pyridine rings is 1. The van der Waals surface area contributed by atoms with E-state index in [9.17, 15) is 0 Å². The van der Waals surface area contributed by atoms with Gasteiger partial charge in [0.2, 0.25) is 0 Å². The molecule has 0 amide bonds. The van der Waals surface area contributed by atoms with Crippen LogP contribution in [0.1, 0.15) is 5.56 Å². The van der Waals surface area contributed by atoms with Crippen LogP contribution < -0.4 is 4.90 Å². The van der Waals surface area contributed by atoms with E-state index in [1.165, 1.54) is 5.52 Å². The minimum Gasteiger partial charge on any atom is -0.354 e. The summed E-state index contributed by atoms with van der Waals surface area (Å²) in [5.41, 5.74) is 2.99. The maximum absolute atomic E-state index is 9.06. The van der Waals surface area contributed by atoms with Crippen molar-refractivity contribution in [1.29, 1.82) is 5.26 Å². The molecule has 0 aliphatic carbocycles. The van der Waals surface area contributed by atoms with Crippen molar-refractivity contribution < 1.29 is 0 Å². The van der Waals surface area contributed by atoms with Gasteiger partial charge in [-0.15, -0.1) is 0 Å². The fraction of sp³-hybridized carbons (Fsp3) is 0.316. The summed E-state index contributed by atoms with van der Waals surface area (Å²) in [7, 11) is 2.02. The third-order valence-electron chi connectivity index (χ3n) is 4.96. The minimum absolute atomic E-state index is 0.652. The number of hydrogen-bond donors (Lipinski definition) is 0. The van der Waals surface area contributed by atoms with Crippen molar-refractivity contribution in [2.24, 2.45) is 7.05 Å². The van der Waals surface area contributed by atoms with Crippen LogP contribution >= 0.6 is 12.2 Å². The maximum Gasteiger partial charge on any atom is 0.181 e. The minimum atomic E-state index is 0.652. The molecule has 0 N–H and O–H groups in total. The van der Waals surface area contributed by atoms with Crippen LogP contribution in [0, 0.1) is 16.1 Å². The molecule has 26 heavy (non-hydrogen) atoms. The Labute approximate surface area is 157 Å². The van der Waals surface area contributed by atoms with Crippen LogP contribution in [-0.4, -0.2) is 45.2 Å². The van der Waals surface area contributed by atoms with Gasteiger partial charge in [-0.3, -0.25) is 4.90 Å². The van der Waals surface area contributed by atoms with Gasteiger partial charge >= 0.3 is 0 Å². The fourth-order valence-corrected chi connectivity index (χ4v) is 3.73. The molecule has 0 spiro atoms. The fourth-order valence-electron chi connectivity index (χ4n) is 3.48. The number of aromatic nitrogens is 3. The number of rotatable bonds is 3. The Balaban J connectivity index is 1.49. The standard InChI is InChI=1S/C19H20N6S/c1-22-16-4-2-3-5-17(16)25(19(22)26)14-23-8-10-24(11-9-23)18-12-15(13-20)6-7-21-18/h2-7,12H,8-11,14H2,1H3. The Hall–Kier alpha value is -2.69. The number of para-hydroxylation sites is 2. The highest BCUT2D eigenvalue weighted by Crippen LogP contribution is 2.19. The van der Waals surface area contributed by atoms with E-state index in [4.69, 9.17) is 17.5 Å². The molecule has 0 atom stereocenters. The third-order valence-corrected chi connectivity index (χ3v) is 5.46. The van der Waals surface area contributed by atoms with E-state index in [1.807, 2.05) is 19.2 Å². The predicted molar refractivity (Wildman–Crippen MR) is 104 cm³/mol. The van der Waals surface area contributed by atoms with E-state index in [1.54, 1.807) is 12.3 Å². The first kappa shape index (κ1) is 16.8. The van der Waals surface area contributed by atoms with Crippen LogP contribution in [0.2, 0.25) is 0 Å². The van der Waals surface area contributed by atoms with E-state index < -0.39 is 0 Å². The van der Waals surface area contributed by atoms with Crippen LogP contribution in [-0.2, 0) is 13.7 Å². The molecule has 3 heterocycles. The number of nitriles is 1. The van der Waals surface area contributed by atoms with Gasteiger partial charge in [-0.1, -0.05) is 12.1 Å². The van der Waals surface area contributed by atoms with Crippen molar-refractivity contribution in [3.05, 3.63) is 52.9 Å². The largest absolute Gasteiger partial charge is 0.354 e. The van der Waals surface area contributed by atoms with Gasteiger partial charge in [0.25, 0.3) is 0 Å². The lowest BCUT2D eigenvalue weighted by Crippen LogP contribution is -2.47. The van der Waals surface area contributed by atoms with Crippen LogP contribution in [0.5, 0.6) is 0 Å². The second-order valence-electron chi connectivity index (χ2n) is 6.52. The predicted octanol–water partition coefficient (Wildman–Crippen LogP) is 2.76. The number of fused-ring (bicyclic) bond motifs is 1. The molecule has 3 aromatic rings. The van der Waals surface area contributed by atoms with Crippen molar-refractivity contribution in [2.45, 2.75) is 6.67 Å². The first-order chi connectivity index (χ1) is 12.7. The van der Waals surface area contributed by atoms with Crippen molar-refractivity contribution in [3.63, 3.8) is 0 Å². The van der Waals surface area contributed by atoms with Gasteiger partial charge < -0.3 is 14.0 Å². The molecule has 0 bridgehead atoms. The molecule has 132 valence electrons. The zero-order chi connectivity index (χ0) is 18.1. The lowest BCUT2D eigenvalue weighted by atomic mass is 10.2. The second kappa shape index (κ2) is 6.90. The number of benzene rings is 1. The lowest BCUT2D eigenvalue weighted by molar-refractivity contribution is 0.207. The Morgan fingerprint density at radius 3 is 2.58 bits per heavy atom. The Bertz CT molecular complexity index is 1040. The summed E-state index contributed by atoms with van der Waals surface area (Å²) in [5.74, 6) is 0.880. The Morgan fingerprint density at radius 2 is 1.85 bits per heavy atom. The van der Waals surface area contributed by atoms with Crippen molar-refractivity contribution in [3.8, 4) is 6.07 Å². The third kappa shape index (κ3) is 2.98. The molecule has 1 saturated heterocycles. The monoisotopic (exact) mass is 364 g/mol. The van der Waals surface area contributed by atoms with Crippen LogP contribution in [0.4, 0.5) is 5.82 Å². The Kier molecular flexibility index (Phi) is 4.45. The van der Waals surface area contributed by atoms with Gasteiger partial charge in [0.15, 0.2) is 4.77 Å². The molecule has 7 heteroatoms. The van der Waals surface area contributed by atoms with Crippen LogP contribution in [0.3, 0.4) is 0 Å². The zero-order valence-electron chi connectivity index (χ0n) is 14.7. The van der Waals surface area contributed by atoms with Gasteiger partial charge in [0.1, 0.15) is 5.82 Å². The zero-order valence-corrected chi connectivity index (χ0v) is 15.5. The molecule has 6 nitrogen and oxygen atoms in total. The number of anilines is 1. The van der Waals surface area contributed by atoms with Gasteiger partial charge in [-0.05, 0) is 36.5 Å². The summed E-state index contributed by atoms with van der Waals surface area (Å²) in [6.07, 6.45) is 1.70. The van der Waals surface area contributed by atoms with Crippen molar-refractivity contribution in [2.75, 3.05) is 31.1 Å². The molecule has 0 unspecified atom stereocenters.